The maximum absolute atomic E-state index is 12.6. The number of esters is 2. The second-order valence-electron chi connectivity index (χ2n) is 13.5. The minimum Gasteiger partial charge on any atom is -0.545 e. The van der Waals surface area contributed by atoms with Gasteiger partial charge in [-0.25, -0.2) is 0 Å². The van der Waals surface area contributed by atoms with Gasteiger partial charge in [0.1, 0.15) is 13.2 Å². The van der Waals surface area contributed by atoms with E-state index in [9.17, 15) is 19.5 Å². The highest BCUT2D eigenvalue weighted by Gasteiger charge is 2.21. The minimum atomic E-state index is -1.64. The lowest BCUT2D eigenvalue weighted by atomic mass is 10.1. The summed E-state index contributed by atoms with van der Waals surface area (Å²) in [5.74, 6) is -2.46. The first-order valence-electron chi connectivity index (χ1n) is 18.9. The summed E-state index contributed by atoms with van der Waals surface area (Å²) in [6.07, 6.45) is 34.3. The number of hydrogen-bond acceptors (Lipinski definition) is 8. The van der Waals surface area contributed by atoms with Crippen molar-refractivity contribution in [1.82, 2.24) is 0 Å². The summed E-state index contributed by atoms with van der Waals surface area (Å²) in [5, 5.41) is 11.6. The van der Waals surface area contributed by atoms with E-state index >= 15 is 0 Å². The van der Waals surface area contributed by atoms with E-state index in [0.29, 0.717) is 17.4 Å². The van der Waals surface area contributed by atoms with E-state index in [1.54, 1.807) is 6.08 Å². The number of carbonyl (C=O) groups excluding carboxylic acids is 3. The van der Waals surface area contributed by atoms with E-state index in [1.807, 2.05) is 33.3 Å². The van der Waals surface area contributed by atoms with Gasteiger partial charge in [0, 0.05) is 6.42 Å². The first-order valence-corrected chi connectivity index (χ1v) is 18.9. The second kappa shape index (κ2) is 33.2. The molecule has 0 aromatic rings. The normalized spacial score (nSPS) is 13.7. The summed E-state index contributed by atoms with van der Waals surface area (Å²) >= 11 is 0. The molecule has 0 aromatic heterocycles. The molecular weight excluding hydrogens is 634 g/mol. The van der Waals surface area contributed by atoms with Crippen LogP contribution in [0.3, 0.4) is 0 Å². The third-order valence-electron chi connectivity index (χ3n) is 7.56. The molecule has 0 fully saturated rings. The Morgan fingerprint density at radius 1 is 0.620 bits per heavy atom. The van der Waals surface area contributed by atoms with Crippen molar-refractivity contribution >= 4 is 17.9 Å². The van der Waals surface area contributed by atoms with Gasteiger partial charge in [-0.15, -0.1) is 0 Å². The van der Waals surface area contributed by atoms with Gasteiger partial charge >= 0.3 is 11.9 Å². The molecule has 9 nitrogen and oxygen atoms in total. The molecule has 0 spiro atoms. The van der Waals surface area contributed by atoms with Crippen molar-refractivity contribution in [2.24, 2.45) is 0 Å². The maximum Gasteiger partial charge on any atom is 0.310 e. The van der Waals surface area contributed by atoms with Crippen LogP contribution in [0.2, 0.25) is 0 Å². The number of likely N-dealkylation sites (N-methyl/N-ethyl adjacent to an activating group) is 1. The van der Waals surface area contributed by atoms with Crippen LogP contribution in [-0.2, 0) is 33.3 Å². The highest BCUT2D eigenvalue weighted by atomic mass is 16.7. The molecule has 50 heavy (non-hydrogen) atoms. The molecule has 0 aromatic carbocycles. The number of carboxylic acid groups (broad SMARTS) is 1. The first kappa shape index (κ1) is 47.0. The minimum absolute atomic E-state index is 0.0144. The van der Waals surface area contributed by atoms with Crippen LogP contribution in [0.15, 0.2) is 60.8 Å². The molecule has 0 radical (unpaired) electrons. The van der Waals surface area contributed by atoms with Crippen LogP contribution >= 0.6 is 0 Å². The fraction of sp³-hybridized carbons (Fsp3) is 0.683. The van der Waals surface area contributed by atoms with Crippen LogP contribution in [0, 0.1) is 0 Å². The molecule has 0 aliphatic carbocycles. The Balaban J connectivity index is 4.72. The predicted molar refractivity (Wildman–Crippen MR) is 200 cm³/mol. The van der Waals surface area contributed by atoms with Crippen molar-refractivity contribution < 1.29 is 42.9 Å². The van der Waals surface area contributed by atoms with Crippen molar-refractivity contribution in [1.29, 1.82) is 0 Å². The van der Waals surface area contributed by atoms with Crippen LogP contribution in [0.1, 0.15) is 123 Å². The van der Waals surface area contributed by atoms with Gasteiger partial charge in [-0.05, 0) is 38.5 Å². The molecule has 2 atom stereocenters. The SMILES string of the molecule is CC/C=C\C/C=C\C/C=C\C/C=C\C/C=C\CC(=O)OC(COC(=O)CCCCCCCCCCCC)COC(OCC[N+](C)(C)C)C(=O)[O-]. The summed E-state index contributed by atoms with van der Waals surface area (Å²) in [6.45, 7) is 4.46. The molecule has 0 aliphatic rings. The van der Waals surface area contributed by atoms with Gasteiger partial charge in [-0.1, -0.05) is 132 Å². The van der Waals surface area contributed by atoms with E-state index in [1.165, 1.54) is 44.9 Å². The van der Waals surface area contributed by atoms with Crippen molar-refractivity contribution in [2.45, 2.75) is 135 Å². The van der Waals surface area contributed by atoms with Gasteiger partial charge in [0.25, 0.3) is 0 Å². The first-order chi connectivity index (χ1) is 24.1. The number of hydrogen-bond donors (Lipinski definition) is 0. The van der Waals surface area contributed by atoms with Crippen molar-refractivity contribution in [3.05, 3.63) is 60.8 Å². The number of carbonyl (C=O) groups is 3. The molecule has 0 saturated heterocycles. The number of ether oxygens (including phenoxy) is 4. The van der Waals surface area contributed by atoms with Crippen molar-refractivity contribution in [3.63, 3.8) is 0 Å². The summed E-state index contributed by atoms with van der Waals surface area (Å²) in [4.78, 5) is 36.6. The zero-order chi connectivity index (χ0) is 37.1. The number of carboxylic acids is 1. The third kappa shape index (κ3) is 33.5. The van der Waals surface area contributed by atoms with Gasteiger partial charge in [0.05, 0.1) is 46.7 Å². The molecule has 0 heterocycles. The summed E-state index contributed by atoms with van der Waals surface area (Å²) in [7, 11) is 5.86. The second-order valence-corrected chi connectivity index (χ2v) is 13.5. The number of quaternary nitrogens is 1. The smallest absolute Gasteiger partial charge is 0.310 e. The summed E-state index contributed by atoms with van der Waals surface area (Å²) < 4.78 is 22.3. The maximum atomic E-state index is 12.6. The quantitative estimate of drug-likeness (QED) is 0.0225. The zero-order valence-electron chi connectivity index (χ0n) is 32.0. The molecule has 0 aliphatic heterocycles. The van der Waals surface area contributed by atoms with Crippen LogP contribution < -0.4 is 5.11 Å². The molecular formula is C41H69NO8. The molecule has 0 bridgehead atoms. The third-order valence-corrected chi connectivity index (χ3v) is 7.56. The van der Waals surface area contributed by atoms with Gasteiger partial charge in [-0.2, -0.15) is 0 Å². The van der Waals surface area contributed by atoms with E-state index in [0.717, 1.165) is 44.9 Å². The predicted octanol–water partition coefficient (Wildman–Crippen LogP) is 7.71. The van der Waals surface area contributed by atoms with Gasteiger partial charge in [0.2, 0.25) is 0 Å². The molecule has 2 unspecified atom stereocenters. The monoisotopic (exact) mass is 704 g/mol. The van der Waals surface area contributed by atoms with E-state index in [-0.39, 0.29) is 38.6 Å². The van der Waals surface area contributed by atoms with Crippen molar-refractivity contribution in [3.8, 4) is 0 Å². The van der Waals surface area contributed by atoms with E-state index in [4.69, 9.17) is 18.9 Å². The Morgan fingerprint density at radius 3 is 1.62 bits per heavy atom. The summed E-state index contributed by atoms with van der Waals surface area (Å²) in [5.41, 5.74) is 0. The lowest BCUT2D eigenvalue weighted by Gasteiger charge is -2.26. The average Bonchev–Trinajstić information content (AvgIpc) is 3.06. The Morgan fingerprint density at radius 2 is 1.12 bits per heavy atom. The Bertz CT molecular complexity index is 1010. The van der Waals surface area contributed by atoms with E-state index < -0.39 is 24.3 Å². The Hall–Kier alpha value is -3.01. The van der Waals surface area contributed by atoms with Crippen LogP contribution in [-0.4, -0.2) is 82.3 Å². The van der Waals surface area contributed by atoms with Gasteiger partial charge in [0.15, 0.2) is 12.4 Å². The molecule has 9 heteroatoms. The average molecular weight is 704 g/mol. The van der Waals surface area contributed by atoms with E-state index in [2.05, 4.69) is 56.4 Å². The van der Waals surface area contributed by atoms with Crippen LogP contribution in [0.25, 0.3) is 0 Å². The number of aliphatic carboxylic acids is 1. The molecule has 0 rings (SSSR count). The number of unbranched alkanes of at least 4 members (excludes halogenated alkanes) is 9. The standard InChI is InChI=1S/C41H69NO8/c1-6-8-10-12-14-16-18-19-20-21-22-24-26-28-30-32-39(44)50-37(36-49-41(40(45)46)47-34-33-42(3,4)5)35-48-38(43)31-29-27-25-23-17-15-13-11-9-7-2/h8,10,14,16,19-20,22,24,28,30,37,41H,6-7,9,11-13,15,17-18,21,23,25-27,29,31-36H2,1-5H3/b10-8-,16-14-,20-19-,24-22-,30-28-. The summed E-state index contributed by atoms with van der Waals surface area (Å²) in [6, 6.07) is 0. The van der Waals surface area contributed by atoms with Crippen LogP contribution in [0.5, 0.6) is 0 Å². The highest BCUT2D eigenvalue weighted by molar-refractivity contribution is 5.71. The van der Waals surface area contributed by atoms with Crippen molar-refractivity contribution in [2.75, 3.05) is 47.5 Å². The number of nitrogens with zero attached hydrogens (tertiary/aromatic N) is 1. The largest absolute Gasteiger partial charge is 0.545 e. The molecule has 0 amide bonds. The Labute approximate surface area is 304 Å². The topological polar surface area (TPSA) is 111 Å². The molecule has 0 saturated carbocycles. The lowest BCUT2D eigenvalue weighted by molar-refractivity contribution is -0.870. The van der Waals surface area contributed by atoms with Gasteiger partial charge < -0.3 is 33.3 Å². The van der Waals surface area contributed by atoms with Crippen LogP contribution in [0.4, 0.5) is 0 Å². The number of rotatable bonds is 33. The fourth-order valence-electron chi connectivity index (χ4n) is 4.61. The molecule has 0 N–H and O–H groups in total. The zero-order valence-corrected chi connectivity index (χ0v) is 32.0. The number of allylic oxidation sites excluding steroid dienone is 9. The highest BCUT2D eigenvalue weighted by Crippen LogP contribution is 2.12. The Kier molecular flexibility index (Phi) is 31.2. The van der Waals surface area contributed by atoms with Gasteiger partial charge in [-0.3, -0.25) is 9.59 Å². The lowest BCUT2D eigenvalue weighted by Crippen LogP contribution is -2.44. The fourth-order valence-corrected chi connectivity index (χ4v) is 4.61. The molecule has 286 valence electrons.